The van der Waals surface area contributed by atoms with Gasteiger partial charge in [0, 0.05) is 18.1 Å². The number of carbonyl (C=O) groups excluding carboxylic acids is 1. The molecule has 1 aliphatic heterocycles. The fraction of sp³-hybridized carbons (Fsp3) is 0.267. The Morgan fingerprint density at radius 1 is 1.09 bits per heavy atom. The van der Waals surface area contributed by atoms with Gasteiger partial charge in [-0.05, 0) is 43.2 Å². The lowest BCUT2D eigenvalue weighted by Crippen LogP contribution is -2.21. The molecular formula is C15H14Cl2N4O. The quantitative estimate of drug-likeness (QED) is 0.929. The summed E-state index contributed by atoms with van der Waals surface area (Å²) in [5, 5.41) is 11.7. The lowest BCUT2D eigenvalue weighted by molar-refractivity contribution is 0.102. The molecule has 7 heteroatoms. The van der Waals surface area contributed by atoms with E-state index in [1.54, 1.807) is 24.3 Å². The summed E-state index contributed by atoms with van der Waals surface area (Å²) in [4.78, 5) is 14.3. The maximum absolute atomic E-state index is 12.2. The number of benzene rings is 1. The molecule has 2 heterocycles. The Morgan fingerprint density at radius 3 is 2.50 bits per heavy atom. The molecule has 0 aliphatic carbocycles. The SMILES string of the molecule is O=C(Nc1ccc(Cl)cc1Cl)c1ccc(N2CCCC2)nn1. The minimum atomic E-state index is -0.357. The number of halogens is 2. The molecule has 114 valence electrons. The molecule has 1 aromatic carbocycles. The number of hydrogen-bond acceptors (Lipinski definition) is 4. The van der Waals surface area contributed by atoms with Gasteiger partial charge >= 0.3 is 0 Å². The first-order chi connectivity index (χ1) is 10.6. The zero-order valence-corrected chi connectivity index (χ0v) is 13.2. The number of carbonyl (C=O) groups is 1. The minimum absolute atomic E-state index is 0.244. The van der Waals surface area contributed by atoms with Crippen molar-refractivity contribution < 1.29 is 4.79 Å². The Morgan fingerprint density at radius 2 is 1.86 bits per heavy atom. The Hall–Kier alpha value is -1.85. The van der Waals surface area contributed by atoms with E-state index >= 15 is 0 Å². The molecule has 1 saturated heterocycles. The maximum atomic E-state index is 12.2. The second kappa shape index (κ2) is 6.50. The van der Waals surface area contributed by atoms with E-state index in [0.29, 0.717) is 15.7 Å². The molecule has 3 rings (SSSR count). The van der Waals surface area contributed by atoms with Gasteiger partial charge in [-0.2, -0.15) is 0 Å². The smallest absolute Gasteiger partial charge is 0.276 e. The first-order valence-electron chi connectivity index (χ1n) is 6.98. The maximum Gasteiger partial charge on any atom is 0.276 e. The highest BCUT2D eigenvalue weighted by Crippen LogP contribution is 2.25. The third-order valence-corrected chi connectivity index (χ3v) is 4.04. The Bertz CT molecular complexity index is 684. The molecule has 22 heavy (non-hydrogen) atoms. The summed E-state index contributed by atoms with van der Waals surface area (Å²) in [5.41, 5.74) is 0.732. The van der Waals surface area contributed by atoms with Gasteiger partial charge in [0.1, 0.15) is 0 Å². The molecule has 0 spiro atoms. The lowest BCUT2D eigenvalue weighted by atomic mass is 10.3. The summed E-state index contributed by atoms with van der Waals surface area (Å²) >= 11 is 11.9. The van der Waals surface area contributed by atoms with Crippen LogP contribution in [0.5, 0.6) is 0 Å². The lowest BCUT2D eigenvalue weighted by Gasteiger charge is -2.15. The normalized spacial score (nSPS) is 14.2. The number of anilines is 2. The van der Waals surface area contributed by atoms with Crippen LogP contribution in [-0.4, -0.2) is 29.2 Å². The van der Waals surface area contributed by atoms with E-state index in [-0.39, 0.29) is 11.6 Å². The third kappa shape index (κ3) is 3.31. The summed E-state index contributed by atoms with van der Waals surface area (Å²) in [6.45, 7) is 1.97. The van der Waals surface area contributed by atoms with Gasteiger partial charge in [0.15, 0.2) is 11.5 Å². The van der Waals surface area contributed by atoms with Crippen molar-refractivity contribution in [2.24, 2.45) is 0 Å². The molecule has 1 aromatic heterocycles. The van der Waals surface area contributed by atoms with E-state index in [4.69, 9.17) is 23.2 Å². The van der Waals surface area contributed by atoms with Crippen LogP contribution in [-0.2, 0) is 0 Å². The molecule has 0 radical (unpaired) electrons. The standard InChI is InChI=1S/C15H14Cl2N4O/c16-10-3-4-12(11(17)9-10)18-15(22)13-5-6-14(20-19-13)21-7-1-2-8-21/h3-6,9H,1-2,7-8H2,(H,18,22). The van der Waals surface area contributed by atoms with Crippen LogP contribution in [0.3, 0.4) is 0 Å². The molecule has 0 atom stereocenters. The van der Waals surface area contributed by atoms with Gasteiger partial charge < -0.3 is 10.2 Å². The van der Waals surface area contributed by atoms with E-state index in [2.05, 4.69) is 20.4 Å². The van der Waals surface area contributed by atoms with Crippen molar-refractivity contribution in [3.05, 3.63) is 46.1 Å². The highest BCUT2D eigenvalue weighted by atomic mass is 35.5. The van der Waals surface area contributed by atoms with Gasteiger partial charge in [-0.25, -0.2) is 0 Å². The molecule has 1 amide bonds. The highest BCUT2D eigenvalue weighted by molar-refractivity contribution is 6.36. The van der Waals surface area contributed by atoms with Crippen molar-refractivity contribution in [2.45, 2.75) is 12.8 Å². The summed E-state index contributed by atoms with van der Waals surface area (Å²) in [7, 11) is 0. The van der Waals surface area contributed by atoms with Crippen LogP contribution in [0.25, 0.3) is 0 Å². The molecule has 1 aliphatic rings. The Labute approximate surface area is 138 Å². The van der Waals surface area contributed by atoms with Gasteiger partial charge in [-0.3, -0.25) is 4.79 Å². The summed E-state index contributed by atoms with van der Waals surface area (Å²) in [6, 6.07) is 8.36. The first kappa shape index (κ1) is 15.1. The van der Waals surface area contributed by atoms with Crippen molar-refractivity contribution in [3.63, 3.8) is 0 Å². The predicted octanol–water partition coefficient (Wildman–Crippen LogP) is 3.64. The summed E-state index contributed by atoms with van der Waals surface area (Å²) < 4.78 is 0. The molecule has 5 nitrogen and oxygen atoms in total. The average Bonchev–Trinajstić information content (AvgIpc) is 3.04. The van der Waals surface area contributed by atoms with Gasteiger partial charge in [0.2, 0.25) is 0 Å². The fourth-order valence-electron chi connectivity index (χ4n) is 2.34. The number of aromatic nitrogens is 2. The molecule has 2 aromatic rings. The van der Waals surface area contributed by atoms with E-state index < -0.39 is 0 Å². The largest absolute Gasteiger partial charge is 0.355 e. The molecule has 0 bridgehead atoms. The van der Waals surface area contributed by atoms with Gasteiger partial charge in [-0.1, -0.05) is 23.2 Å². The number of amides is 1. The Balaban J connectivity index is 1.71. The second-order valence-electron chi connectivity index (χ2n) is 5.05. The second-order valence-corrected chi connectivity index (χ2v) is 5.89. The monoisotopic (exact) mass is 336 g/mol. The number of rotatable bonds is 3. The van der Waals surface area contributed by atoms with Crippen LogP contribution in [0.1, 0.15) is 23.3 Å². The molecule has 1 N–H and O–H groups in total. The van der Waals surface area contributed by atoms with E-state index in [1.807, 2.05) is 6.07 Å². The van der Waals surface area contributed by atoms with E-state index in [1.165, 1.54) is 12.8 Å². The van der Waals surface area contributed by atoms with Crippen LogP contribution >= 0.6 is 23.2 Å². The van der Waals surface area contributed by atoms with Crippen molar-refractivity contribution in [1.29, 1.82) is 0 Å². The molecule has 0 saturated carbocycles. The third-order valence-electron chi connectivity index (χ3n) is 3.49. The van der Waals surface area contributed by atoms with Crippen molar-refractivity contribution in [3.8, 4) is 0 Å². The zero-order valence-electron chi connectivity index (χ0n) is 11.7. The first-order valence-corrected chi connectivity index (χ1v) is 7.74. The van der Waals surface area contributed by atoms with Crippen molar-refractivity contribution in [1.82, 2.24) is 10.2 Å². The average molecular weight is 337 g/mol. The van der Waals surface area contributed by atoms with Crippen LogP contribution in [0, 0.1) is 0 Å². The molecule has 1 fully saturated rings. The highest BCUT2D eigenvalue weighted by Gasteiger charge is 2.16. The molecule has 0 unspecified atom stereocenters. The van der Waals surface area contributed by atoms with Crippen LogP contribution in [0.2, 0.25) is 10.0 Å². The minimum Gasteiger partial charge on any atom is -0.355 e. The number of nitrogens with one attached hydrogen (secondary N) is 1. The van der Waals surface area contributed by atoms with Crippen LogP contribution in [0.4, 0.5) is 11.5 Å². The van der Waals surface area contributed by atoms with Crippen molar-refractivity contribution >= 4 is 40.6 Å². The Kier molecular flexibility index (Phi) is 4.45. The van der Waals surface area contributed by atoms with Gasteiger partial charge in [-0.15, -0.1) is 10.2 Å². The topological polar surface area (TPSA) is 58.1 Å². The summed E-state index contributed by atoms with van der Waals surface area (Å²) in [5.74, 6) is 0.447. The van der Waals surface area contributed by atoms with E-state index in [9.17, 15) is 4.79 Å². The summed E-state index contributed by atoms with van der Waals surface area (Å²) in [6.07, 6.45) is 2.33. The van der Waals surface area contributed by atoms with Gasteiger partial charge in [0.25, 0.3) is 5.91 Å². The number of hydrogen-bond donors (Lipinski definition) is 1. The van der Waals surface area contributed by atoms with Gasteiger partial charge in [0.05, 0.1) is 10.7 Å². The number of nitrogens with zero attached hydrogens (tertiary/aromatic N) is 3. The fourth-order valence-corrected chi connectivity index (χ4v) is 2.79. The van der Waals surface area contributed by atoms with Crippen molar-refractivity contribution in [2.75, 3.05) is 23.3 Å². The molecular weight excluding hydrogens is 323 g/mol. The van der Waals surface area contributed by atoms with Crippen LogP contribution < -0.4 is 10.2 Å². The van der Waals surface area contributed by atoms with Crippen LogP contribution in [0.15, 0.2) is 30.3 Å². The zero-order chi connectivity index (χ0) is 15.5. The predicted molar refractivity (Wildman–Crippen MR) is 87.9 cm³/mol. The van der Waals surface area contributed by atoms with E-state index in [0.717, 1.165) is 18.9 Å².